The highest BCUT2D eigenvalue weighted by molar-refractivity contribution is 7.09. The second kappa shape index (κ2) is 5.23. The van der Waals surface area contributed by atoms with Gasteiger partial charge in [0.25, 0.3) is 0 Å². The topological polar surface area (TPSA) is 22.1 Å². The molecule has 0 bridgehead atoms. The van der Waals surface area contributed by atoms with E-state index >= 15 is 0 Å². The van der Waals surface area contributed by atoms with Gasteiger partial charge in [-0.15, -0.1) is 11.3 Å². The third kappa shape index (κ3) is 2.49. The standard InChI is InChI=1S/C13H15NOS/c1-3-10-4-6-11(7-5-10)12-9-16-13(14-12)8-15-2/h4-7,9H,3,8H2,1-2H3. The number of aryl methyl sites for hydroxylation is 1. The molecule has 3 heteroatoms. The van der Waals surface area contributed by atoms with Crippen LogP contribution in [0.2, 0.25) is 0 Å². The lowest BCUT2D eigenvalue weighted by atomic mass is 10.1. The van der Waals surface area contributed by atoms with E-state index in [9.17, 15) is 0 Å². The van der Waals surface area contributed by atoms with E-state index in [4.69, 9.17) is 4.74 Å². The van der Waals surface area contributed by atoms with Crippen LogP contribution in [0.3, 0.4) is 0 Å². The number of hydrogen-bond acceptors (Lipinski definition) is 3. The number of ether oxygens (including phenoxy) is 1. The molecule has 0 aliphatic carbocycles. The Kier molecular flexibility index (Phi) is 3.70. The van der Waals surface area contributed by atoms with Gasteiger partial charge >= 0.3 is 0 Å². The lowest BCUT2D eigenvalue weighted by Crippen LogP contribution is -1.86. The van der Waals surface area contributed by atoms with Gasteiger partial charge in [0.15, 0.2) is 0 Å². The molecule has 0 unspecified atom stereocenters. The predicted octanol–water partition coefficient (Wildman–Crippen LogP) is 3.52. The molecule has 0 N–H and O–H groups in total. The fourth-order valence-electron chi connectivity index (χ4n) is 1.54. The molecule has 0 aliphatic heterocycles. The summed E-state index contributed by atoms with van der Waals surface area (Å²) in [5, 5.41) is 3.10. The number of methoxy groups -OCH3 is 1. The highest BCUT2D eigenvalue weighted by atomic mass is 32.1. The normalized spacial score (nSPS) is 10.6. The molecule has 84 valence electrons. The minimum atomic E-state index is 0.595. The van der Waals surface area contributed by atoms with Gasteiger partial charge < -0.3 is 4.74 Å². The highest BCUT2D eigenvalue weighted by Crippen LogP contribution is 2.22. The largest absolute Gasteiger partial charge is 0.378 e. The predicted molar refractivity (Wildman–Crippen MR) is 67.6 cm³/mol. The third-order valence-electron chi connectivity index (χ3n) is 2.48. The molecule has 0 saturated heterocycles. The van der Waals surface area contributed by atoms with Crippen LogP contribution in [0.4, 0.5) is 0 Å². The summed E-state index contributed by atoms with van der Waals surface area (Å²) in [5.74, 6) is 0. The van der Waals surface area contributed by atoms with Crippen LogP contribution in [0.1, 0.15) is 17.5 Å². The zero-order chi connectivity index (χ0) is 11.4. The number of rotatable bonds is 4. The summed E-state index contributed by atoms with van der Waals surface area (Å²) in [6.45, 7) is 2.76. The summed E-state index contributed by atoms with van der Waals surface area (Å²) in [4.78, 5) is 4.52. The van der Waals surface area contributed by atoms with E-state index in [2.05, 4.69) is 41.6 Å². The number of aromatic nitrogens is 1. The molecule has 0 amide bonds. The quantitative estimate of drug-likeness (QED) is 0.806. The van der Waals surface area contributed by atoms with Crippen molar-refractivity contribution >= 4 is 11.3 Å². The van der Waals surface area contributed by atoms with Crippen LogP contribution in [0.5, 0.6) is 0 Å². The summed E-state index contributed by atoms with van der Waals surface area (Å²) in [6, 6.07) is 8.57. The van der Waals surface area contributed by atoms with E-state index in [0.717, 1.165) is 17.1 Å². The zero-order valence-electron chi connectivity index (χ0n) is 9.56. The van der Waals surface area contributed by atoms with Crippen molar-refractivity contribution < 1.29 is 4.74 Å². The molecule has 2 nitrogen and oxygen atoms in total. The summed E-state index contributed by atoms with van der Waals surface area (Å²) < 4.78 is 5.06. The SMILES string of the molecule is CCc1ccc(-c2csc(COC)n2)cc1. The molecule has 0 atom stereocenters. The Bertz CT molecular complexity index is 447. The Hall–Kier alpha value is -1.19. The molecule has 2 aromatic rings. The van der Waals surface area contributed by atoms with Crippen LogP contribution in [-0.2, 0) is 17.8 Å². The second-order valence-electron chi connectivity index (χ2n) is 3.61. The molecule has 0 spiro atoms. The van der Waals surface area contributed by atoms with Crippen molar-refractivity contribution in [3.05, 3.63) is 40.2 Å². The van der Waals surface area contributed by atoms with Crippen LogP contribution >= 0.6 is 11.3 Å². The number of hydrogen-bond donors (Lipinski definition) is 0. The van der Waals surface area contributed by atoms with Crippen LogP contribution in [0, 0.1) is 0 Å². The van der Waals surface area contributed by atoms with E-state index < -0.39 is 0 Å². The molecule has 0 aliphatic rings. The molecule has 16 heavy (non-hydrogen) atoms. The minimum Gasteiger partial charge on any atom is -0.378 e. The Morgan fingerprint density at radius 1 is 1.25 bits per heavy atom. The summed E-state index contributed by atoms with van der Waals surface area (Å²) in [7, 11) is 1.69. The first kappa shape index (κ1) is 11.3. The molecule has 0 fully saturated rings. The first-order valence-electron chi connectivity index (χ1n) is 5.36. The van der Waals surface area contributed by atoms with Crippen molar-refractivity contribution in [1.29, 1.82) is 0 Å². The van der Waals surface area contributed by atoms with Crippen molar-refractivity contribution in [3.8, 4) is 11.3 Å². The van der Waals surface area contributed by atoms with Crippen molar-refractivity contribution in [3.63, 3.8) is 0 Å². The van der Waals surface area contributed by atoms with Gasteiger partial charge in [0.2, 0.25) is 0 Å². The van der Waals surface area contributed by atoms with E-state index in [1.165, 1.54) is 11.1 Å². The van der Waals surface area contributed by atoms with Crippen molar-refractivity contribution in [2.75, 3.05) is 7.11 Å². The van der Waals surface area contributed by atoms with Crippen molar-refractivity contribution in [1.82, 2.24) is 4.98 Å². The van der Waals surface area contributed by atoms with E-state index in [0.29, 0.717) is 6.61 Å². The van der Waals surface area contributed by atoms with Crippen LogP contribution < -0.4 is 0 Å². The maximum atomic E-state index is 5.06. The summed E-state index contributed by atoms with van der Waals surface area (Å²) in [5.41, 5.74) is 3.58. The molecule has 0 radical (unpaired) electrons. The Labute approximate surface area is 99.9 Å². The van der Waals surface area contributed by atoms with Crippen LogP contribution in [0.15, 0.2) is 29.6 Å². The average molecular weight is 233 g/mol. The molecule has 0 saturated carbocycles. The van der Waals surface area contributed by atoms with E-state index in [-0.39, 0.29) is 0 Å². The minimum absolute atomic E-state index is 0.595. The third-order valence-corrected chi connectivity index (χ3v) is 3.30. The first-order valence-corrected chi connectivity index (χ1v) is 6.24. The second-order valence-corrected chi connectivity index (χ2v) is 4.55. The van der Waals surface area contributed by atoms with Gasteiger partial charge in [-0.05, 0) is 12.0 Å². The van der Waals surface area contributed by atoms with Gasteiger partial charge in [-0.3, -0.25) is 0 Å². The van der Waals surface area contributed by atoms with E-state index in [1.807, 2.05) is 0 Å². The smallest absolute Gasteiger partial charge is 0.119 e. The lowest BCUT2D eigenvalue weighted by Gasteiger charge is -1.99. The highest BCUT2D eigenvalue weighted by Gasteiger charge is 2.03. The van der Waals surface area contributed by atoms with Gasteiger partial charge in [0.05, 0.1) is 12.3 Å². The number of thiazole rings is 1. The monoisotopic (exact) mass is 233 g/mol. The summed E-state index contributed by atoms with van der Waals surface area (Å²) >= 11 is 1.64. The van der Waals surface area contributed by atoms with Gasteiger partial charge in [0, 0.05) is 18.1 Å². The maximum absolute atomic E-state index is 5.06. The molecular formula is C13H15NOS. The van der Waals surface area contributed by atoms with Gasteiger partial charge in [-0.2, -0.15) is 0 Å². The van der Waals surface area contributed by atoms with Gasteiger partial charge in [-0.25, -0.2) is 4.98 Å². The fourth-order valence-corrected chi connectivity index (χ4v) is 2.32. The molecular weight excluding hydrogens is 218 g/mol. The molecule has 2 rings (SSSR count). The molecule has 1 heterocycles. The number of benzene rings is 1. The van der Waals surface area contributed by atoms with E-state index in [1.54, 1.807) is 18.4 Å². The average Bonchev–Trinajstić information content (AvgIpc) is 2.78. The van der Waals surface area contributed by atoms with Gasteiger partial charge in [0.1, 0.15) is 5.01 Å². The Morgan fingerprint density at radius 3 is 2.62 bits per heavy atom. The van der Waals surface area contributed by atoms with Crippen LogP contribution in [-0.4, -0.2) is 12.1 Å². The number of nitrogens with zero attached hydrogens (tertiary/aromatic N) is 1. The fraction of sp³-hybridized carbons (Fsp3) is 0.308. The Balaban J connectivity index is 2.21. The molecule has 1 aromatic heterocycles. The van der Waals surface area contributed by atoms with Crippen LogP contribution in [0.25, 0.3) is 11.3 Å². The van der Waals surface area contributed by atoms with Crippen molar-refractivity contribution in [2.45, 2.75) is 20.0 Å². The lowest BCUT2D eigenvalue weighted by molar-refractivity contribution is 0.184. The first-order chi connectivity index (χ1) is 7.83. The summed E-state index contributed by atoms with van der Waals surface area (Å²) in [6.07, 6.45) is 1.08. The maximum Gasteiger partial charge on any atom is 0.119 e. The van der Waals surface area contributed by atoms with Crippen molar-refractivity contribution in [2.24, 2.45) is 0 Å². The molecule has 1 aromatic carbocycles. The van der Waals surface area contributed by atoms with Gasteiger partial charge in [-0.1, -0.05) is 31.2 Å². The zero-order valence-corrected chi connectivity index (χ0v) is 10.4. The Morgan fingerprint density at radius 2 is 2.00 bits per heavy atom.